The number of benzene rings is 1. The number of piperidine rings is 1. The summed E-state index contributed by atoms with van der Waals surface area (Å²) in [5, 5.41) is 8.82. The summed E-state index contributed by atoms with van der Waals surface area (Å²) in [4.78, 5) is 13.0. The van der Waals surface area contributed by atoms with Crippen molar-refractivity contribution in [2.24, 2.45) is 5.92 Å². The Bertz CT molecular complexity index is 481. The number of halogens is 1. The number of carbonyl (C=O) groups is 1. The second kappa shape index (κ2) is 6.35. The number of carboxylic acids is 1. The van der Waals surface area contributed by atoms with E-state index >= 15 is 0 Å². The largest absolute Gasteiger partial charge is 0.481 e. The first-order valence-electron chi connectivity index (χ1n) is 7.19. The standard InChI is InChI=1S/C16H22FNO2/c1-11-3-4-14(10-15(11)17)12(2)18-7-5-13(6-8-18)9-16(19)20/h3-4,10,12-13H,5-9H2,1-2H3,(H,19,20). The predicted octanol–water partition coefficient (Wildman–Crippen LogP) is 3.38. The Balaban J connectivity index is 1.95. The maximum absolute atomic E-state index is 13.6. The van der Waals surface area contributed by atoms with Gasteiger partial charge in [0.05, 0.1) is 0 Å². The zero-order chi connectivity index (χ0) is 14.7. The Morgan fingerprint density at radius 1 is 1.45 bits per heavy atom. The SMILES string of the molecule is Cc1ccc(C(C)N2CCC(CC(=O)O)CC2)cc1F. The van der Waals surface area contributed by atoms with Crippen LogP contribution in [0.15, 0.2) is 18.2 Å². The van der Waals surface area contributed by atoms with E-state index in [9.17, 15) is 9.18 Å². The molecule has 0 saturated carbocycles. The zero-order valence-electron chi connectivity index (χ0n) is 12.1. The fourth-order valence-electron chi connectivity index (χ4n) is 2.87. The molecule has 1 atom stereocenters. The lowest BCUT2D eigenvalue weighted by molar-refractivity contribution is -0.138. The van der Waals surface area contributed by atoms with Gasteiger partial charge in [0.1, 0.15) is 5.82 Å². The van der Waals surface area contributed by atoms with Crippen LogP contribution in [0.3, 0.4) is 0 Å². The highest BCUT2D eigenvalue weighted by Gasteiger charge is 2.25. The number of hydrogen-bond acceptors (Lipinski definition) is 2. The Morgan fingerprint density at radius 2 is 2.10 bits per heavy atom. The summed E-state index contributed by atoms with van der Waals surface area (Å²) < 4.78 is 13.6. The number of hydrogen-bond donors (Lipinski definition) is 1. The molecule has 1 aliphatic rings. The maximum atomic E-state index is 13.6. The molecule has 1 saturated heterocycles. The summed E-state index contributed by atoms with van der Waals surface area (Å²) in [5.41, 5.74) is 1.66. The Hall–Kier alpha value is -1.42. The highest BCUT2D eigenvalue weighted by Crippen LogP contribution is 2.28. The highest BCUT2D eigenvalue weighted by atomic mass is 19.1. The molecule has 1 fully saturated rings. The molecular formula is C16H22FNO2. The van der Waals surface area contributed by atoms with Crippen molar-refractivity contribution >= 4 is 5.97 Å². The van der Waals surface area contributed by atoms with Gasteiger partial charge in [-0.15, -0.1) is 0 Å². The zero-order valence-corrected chi connectivity index (χ0v) is 12.1. The third-order valence-electron chi connectivity index (χ3n) is 4.34. The molecule has 1 aromatic rings. The summed E-state index contributed by atoms with van der Waals surface area (Å²) in [7, 11) is 0. The van der Waals surface area contributed by atoms with Gasteiger partial charge in [-0.05, 0) is 62.9 Å². The first kappa shape index (κ1) is 15.0. The van der Waals surface area contributed by atoms with Gasteiger partial charge >= 0.3 is 5.97 Å². The molecule has 3 nitrogen and oxygen atoms in total. The minimum absolute atomic E-state index is 0.157. The van der Waals surface area contributed by atoms with Crippen LogP contribution in [-0.2, 0) is 4.79 Å². The van der Waals surface area contributed by atoms with E-state index in [-0.39, 0.29) is 24.2 Å². The molecule has 110 valence electrons. The van der Waals surface area contributed by atoms with Gasteiger partial charge < -0.3 is 5.11 Å². The molecule has 4 heteroatoms. The number of likely N-dealkylation sites (tertiary alicyclic amines) is 1. The fourth-order valence-corrected chi connectivity index (χ4v) is 2.87. The van der Waals surface area contributed by atoms with Crippen molar-refractivity contribution in [2.75, 3.05) is 13.1 Å². The second-order valence-corrected chi connectivity index (χ2v) is 5.76. The van der Waals surface area contributed by atoms with Crippen LogP contribution in [0.5, 0.6) is 0 Å². The molecule has 0 bridgehead atoms. The van der Waals surface area contributed by atoms with Crippen molar-refractivity contribution in [2.45, 2.75) is 39.2 Å². The van der Waals surface area contributed by atoms with E-state index in [2.05, 4.69) is 11.8 Å². The topological polar surface area (TPSA) is 40.5 Å². The minimum atomic E-state index is -0.711. The molecule has 0 aliphatic carbocycles. The van der Waals surface area contributed by atoms with E-state index < -0.39 is 5.97 Å². The number of nitrogens with zero attached hydrogens (tertiary/aromatic N) is 1. The monoisotopic (exact) mass is 279 g/mol. The Morgan fingerprint density at radius 3 is 2.65 bits per heavy atom. The van der Waals surface area contributed by atoms with Crippen LogP contribution in [0.2, 0.25) is 0 Å². The van der Waals surface area contributed by atoms with Gasteiger partial charge in [-0.1, -0.05) is 12.1 Å². The Kier molecular flexibility index (Phi) is 4.76. The van der Waals surface area contributed by atoms with Crippen LogP contribution in [-0.4, -0.2) is 29.1 Å². The first-order chi connectivity index (χ1) is 9.47. The van der Waals surface area contributed by atoms with Crippen LogP contribution >= 0.6 is 0 Å². The van der Waals surface area contributed by atoms with E-state index in [0.29, 0.717) is 5.56 Å². The number of aliphatic carboxylic acids is 1. The van der Waals surface area contributed by atoms with Crippen molar-refractivity contribution in [3.05, 3.63) is 35.1 Å². The van der Waals surface area contributed by atoms with Gasteiger partial charge in [0.15, 0.2) is 0 Å². The van der Waals surface area contributed by atoms with Crippen molar-refractivity contribution < 1.29 is 14.3 Å². The smallest absolute Gasteiger partial charge is 0.303 e. The molecule has 1 aromatic carbocycles. The third-order valence-corrected chi connectivity index (χ3v) is 4.34. The van der Waals surface area contributed by atoms with E-state index in [4.69, 9.17) is 5.11 Å². The Labute approximate surface area is 119 Å². The molecule has 1 heterocycles. The second-order valence-electron chi connectivity index (χ2n) is 5.76. The third kappa shape index (κ3) is 3.57. The lowest BCUT2D eigenvalue weighted by Crippen LogP contribution is -2.36. The summed E-state index contributed by atoms with van der Waals surface area (Å²) >= 11 is 0. The molecule has 0 spiro atoms. The summed E-state index contributed by atoms with van der Waals surface area (Å²) in [5.74, 6) is -0.585. The predicted molar refractivity (Wildman–Crippen MR) is 76.1 cm³/mol. The molecule has 0 radical (unpaired) electrons. The fraction of sp³-hybridized carbons (Fsp3) is 0.562. The van der Waals surface area contributed by atoms with E-state index in [1.807, 2.05) is 12.1 Å². The number of aryl methyl sites for hydroxylation is 1. The minimum Gasteiger partial charge on any atom is -0.481 e. The normalized spacial score (nSPS) is 18.9. The quantitative estimate of drug-likeness (QED) is 0.918. The van der Waals surface area contributed by atoms with E-state index in [1.54, 1.807) is 13.0 Å². The average molecular weight is 279 g/mol. The molecule has 1 N–H and O–H groups in total. The van der Waals surface area contributed by atoms with Gasteiger partial charge in [-0.2, -0.15) is 0 Å². The maximum Gasteiger partial charge on any atom is 0.303 e. The van der Waals surface area contributed by atoms with Crippen LogP contribution in [0.25, 0.3) is 0 Å². The lowest BCUT2D eigenvalue weighted by atomic mass is 9.92. The van der Waals surface area contributed by atoms with Gasteiger partial charge in [-0.25, -0.2) is 4.39 Å². The van der Waals surface area contributed by atoms with Crippen molar-refractivity contribution in [3.8, 4) is 0 Å². The lowest BCUT2D eigenvalue weighted by Gasteiger charge is -2.36. The molecule has 2 rings (SSSR count). The first-order valence-corrected chi connectivity index (χ1v) is 7.19. The van der Waals surface area contributed by atoms with Crippen LogP contribution in [0, 0.1) is 18.7 Å². The van der Waals surface area contributed by atoms with Gasteiger partial charge in [-0.3, -0.25) is 9.69 Å². The van der Waals surface area contributed by atoms with Crippen LogP contribution in [0.4, 0.5) is 4.39 Å². The van der Waals surface area contributed by atoms with E-state index in [1.165, 1.54) is 0 Å². The molecule has 1 unspecified atom stereocenters. The molecule has 1 aliphatic heterocycles. The van der Waals surface area contributed by atoms with Crippen molar-refractivity contribution in [1.82, 2.24) is 4.90 Å². The van der Waals surface area contributed by atoms with Crippen molar-refractivity contribution in [1.29, 1.82) is 0 Å². The van der Waals surface area contributed by atoms with Crippen LogP contribution in [0.1, 0.15) is 43.4 Å². The number of carboxylic acid groups (broad SMARTS) is 1. The molecule has 0 amide bonds. The summed E-state index contributed by atoms with van der Waals surface area (Å²) in [6.45, 7) is 5.62. The van der Waals surface area contributed by atoms with Gasteiger partial charge in [0, 0.05) is 12.5 Å². The summed E-state index contributed by atoms with van der Waals surface area (Å²) in [6, 6.07) is 5.59. The molecule has 20 heavy (non-hydrogen) atoms. The van der Waals surface area contributed by atoms with Crippen molar-refractivity contribution in [3.63, 3.8) is 0 Å². The van der Waals surface area contributed by atoms with Crippen LogP contribution < -0.4 is 0 Å². The summed E-state index contributed by atoms with van der Waals surface area (Å²) in [6.07, 6.45) is 2.08. The van der Waals surface area contributed by atoms with Gasteiger partial charge in [0.25, 0.3) is 0 Å². The molecule has 0 aromatic heterocycles. The average Bonchev–Trinajstić information content (AvgIpc) is 2.41. The highest BCUT2D eigenvalue weighted by molar-refractivity contribution is 5.67. The van der Waals surface area contributed by atoms with E-state index in [0.717, 1.165) is 31.5 Å². The molecular weight excluding hydrogens is 257 g/mol. The van der Waals surface area contributed by atoms with Gasteiger partial charge in [0.2, 0.25) is 0 Å². The number of rotatable bonds is 4.